The molecule has 2 aromatic heterocycles. The molecule has 0 aliphatic rings. The lowest BCUT2D eigenvalue weighted by Gasteiger charge is -2.10. The molecule has 3 rings (SSSR count). The van der Waals surface area contributed by atoms with E-state index in [9.17, 15) is 4.79 Å². The number of hydrogen-bond acceptors (Lipinski definition) is 5. The lowest BCUT2D eigenvalue weighted by Crippen LogP contribution is -2.22. The normalized spacial score (nSPS) is 10.9. The van der Waals surface area contributed by atoms with Crippen LogP contribution in [0.3, 0.4) is 0 Å². The van der Waals surface area contributed by atoms with E-state index in [1.54, 1.807) is 11.3 Å². The first-order valence-corrected chi connectivity index (χ1v) is 9.28. The minimum atomic E-state index is -0.0984. The third-order valence-electron chi connectivity index (χ3n) is 3.83. The molecule has 0 spiro atoms. The van der Waals surface area contributed by atoms with Crippen molar-refractivity contribution in [3.8, 4) is 11.3 Å². The van der Waals surface area contributed by atoms with E-state index in [1.807, 2.05) is 62.9 Å². The van der Waals surface area contributed by atoms with Crippen molar-refractivity contribution >= 4 is 17.2 Å². The molecule has 6 heteroatoms. The third kappa shape index (κ3) is 4.74. The number of amides is 1. The predicted molar refractivity (Wildman–Crippen MR) is 105 cm³/mol. The first-order valence-electron chi connectivity index (χ1n) is 8.40. The fourth-order valence-electron chi connectivity index (χ4n) is 2.59. The number of carbonyl (C=O) groups is 1. The Balaban J connectivity index is 1.63. The molecule has 1 N–H and O–H groups in total. The Morgan fingerprint density at radius 1 is 1.15 bits per heavy atom. The molecule has 0 saturated heterocycles. The molecule has 134 valence electrons. The summed E-state index contributed by atoms with van der Waals surface area (Å²) in [6.07, 6.45) is 1.89. The van der Waals surface area contributed by atoms with Gasteiger partial charge in [-0.05, 0) is 44.8 Å². The molecular weight excluding hydrogens is 344 g/mol. The number of aryl methyl sites for hydroxylation is 1. The fourth-order valence-corrected chi connectivity index (χ4v) is 3.30. The number of pyridine rings is 1. The van der Waals surface area contributed by atoms with Crippen LogP contribution in [0.15, 0.2) is 48.0 Å². The van der Waals surface area contributed by atoms with Gasteiger partial charge in [0, 0.05) is 34.9 Å². The van der Waals surface area contributed by atoms with Crippen LogP contribution in [-0.2, 0) is 13.1 Å². The number of carbonyl (C=O) groups excluding carboxylic acids is 1. The SMILES string of the molecule is Cc1csc(CNC(=O)c2ccc(-c3ccc(CN(C)C)cn3)cc2)n1. The fraction of sp³-hybridized carbons (Fsp3) is 0.250. The van der Waals surface area contributed by atoms with Gasteiger partial charge in [0.1, 0.15) is 5.01 Å². The highest BCUT2D eigenvalue weighted by molar-refractivity contribution is 7.09. The van der Waals surface area contributed by atoms with Crippen LogP contribution >= 0.6 is 11.3 Å². The highest BCUT2D eigenvalue weighted by Gasteiger charge is 2.08. The summed E-state index contributed by atoms with van der Waals surface area (Å²) in [6, 6.07) is 11.6. The van der Waals surface area contributed by atoms with Crippen molar-refractivity contribution in [1.82, 2.24) is 20.2 Å². The van der Waals surface area contributed by atoms with Gasteiger partial charge < -0.3 is 10.2 Å². The number of nitrogens with zero attached hydrogens (tertiary/aromatic N) is 3. The molecular formula is C20H22N4OS. The zero-order chi connectivity index (χ0) is 18.5. The highest BCUT2D eigenvalue weighted by atomic mass is 32.1. The zero-order valence-electron chi connectivity index (χ0n) is 15.2. The van der Waals surface area contributed by atoms with Crippen LogP contribution in [0.2, 0.25) is 0 Å². The van der Waals surface area contributed by atoms with Crippen LogP contribution in [0, 0.1) is 6.92 Å². The van der Waals surface area contributed by atoms with Gasteiger partial charge in [-0.1, -0.05) is 18.2 Å². The molecule has 0 bridgehead atoms. The van der Waals surface area contributed by atoms with Gasteiger partial charge in [-0.3, -0.25) is 9.78 Å². The summed E-state index contributed by atoms with van der Waals surface area (Å²) in [5.74, 6) is -0.0984. The molecule has 1 amide bonds. The first-order chi connectivity index (χ1) is 12.5. The van der Waals surface area contributed by atoms with Crippen LogP contribution in [0.4, 0.5) is 0 Å². The quantitative estimate of drug-likeness (QED) is 0.725. The van der Waals surface area contributed by atoms with Crippen molar-refractivity contribution in [2.45, 2.75) is 20.0 Å². The smallest absolute Gasteiger partial charge is 0.251 e. The predicted octanol–water partition coefficient (Wildman–Crippen LogP) is 3.51. The molecule has 0 radical (unpaired) electrons. The van der Waals surface area contributed by atoms with Crippen LogP contribution in [-0.4, -0.2) is 34.9 Å². The largest absolute Gasteiger partial charge is 0.346 e. The Morgan fingerprint density at radius 2 is 1.92 bits per heavy atom. The van der Waals surface area contributed by atoms with Gasteiger partial charge >= 0.3 is 0 Å². The van der Waals surface area contributed by atoms with Gasteiger partial charge in [-0.2, -0.15) is 0 Å². The summed E-state index contributed by atoms with van der Waals surface area (Å²) in [5.41, 5.74) is 4.68. The Labute approximate surface area is 157 Å². The zero-order valence-corrected chi connectivity index (χ0v) is 16.0. The Kier molecular flexibility index (Phi) is 5.75. The Bertz CT molecular complexity index is 870. The van der Waals surface area contributed by atoms with Gasteiger partial charge in [0.05, 0.1) is 12.2 Å². The van der Waals surface area contributed by atoms with Crippen molar-refractivity contribution in [2.24, 2.45) is 0 Å². The summed E-state index contributed by atoms with van der Waals surface area (Å²) in [4.78, 5) is 23.2. The number of thiazole rings is 1. The van der Waals surface area contributed by atoms with E-state index in [0.717, 1.165) is 28.5 Å². The number of aromatic nitrogens is 2. The first kappa shape index (κ1) is 18.2. The van der Waals surface area contributed by atoms with E-state index in [1.165, 1.54) is 5.56 Å². The highest BCUT2D eigenvalue weighted by Crippen LogP contribution is 2.18. The van der Waals surface area contributed by atoms with Crippen LogP contribution < -0.4 is 5.32 Å². The Hall–Kier alpha value is -2.57. The van der Waals surface area contributed by atoms with E-state index in [4.69, 9.17) is 0 Å². The van der Waals surface area contributed by atoms with E-state index in [2.05, 4.69) is 26.3 Å². The molecule has 0 fully saturated rings. The topological polar surface area (TPSA) is 58.1 Å². The summed E-state index contributed by atoms with van der Waals surface area (Å²) >= 11 is 1.55. The number of benzene rings is 1. The van der Waals surface area contributed by atoms with E-state index < -0.39 is 0 Å². The van der Waals surface area contributed by atoms with Gasteiger partial charge in [0.15, 0.2) is 0 Å². The molecule has 0 atom stereocenters. The summed E-state index contributed by atoms with van der Waals surface area (Å²) in [6.45, 7) is 3.26. The monoisotopic (exact) mass is 366 g/mol. The summed E-state index contributed by atoms with van der Waals surface area (Å²) in [5, 5.41) is 5.79. The van der Waals surface area contributed by atoms with E-state index in [0.29, 0.717) is 12.1 Å². The maximum absolute atomic E-state index is 12.3. The van der Waals surface area contributed by atoms with Crippen molar-refractivity contribution in [3.63, 3.8) is 0 Å². The van der Waals surface area contributed by atoms with Gasteiger partial charge in [0.25, 0.3) is 5.91 Å². The average Bonchev–Trinajstić information content (AvgIpc) is 3.05. The van der Waals surface area contributed by atoms with Crippen molar-refractivity contribution in [1.29, 1.82) is 0 Å². The Morgan fingerprint density at radius 3 is 2.50 bits per heavy atom. The van der Waals surface area contributed by atoms with E-state index in [-0.39, 0.29) is 5.91 Å². The standard InChI is InChI=1S/C20H22N4OS/c1-14-13-26-19(23-14)11-22-20(25)17-7-5-16(6-8-17)18-9-4-15(10-21-18)12-24(2)3/h4-10,13H,11-12H2,1-3H3,(H,22,25). The minimum Gasteiger partial charge on any atom is -0.346 e. The van der Waals surface area contributed by atoms with Gasteiger partial charge in [0.2, 0.25) is 0 Å². The van der Waals surface area contributed by atoms with Crippen LogP contribution in [0.1, 0.15) is 26.6 Å². The number of nitrogens with one attached hydrogen (secondary N) is 1. The molecule has 1 aromatic carbocycles. The lowest BCUT2D eigenvalue weighted by molar-refractivity contribution is 0.0951. The second-order valence-electron chi connectivity index (χ2n) is 6.43. The minimum absolute atomic E-state index is 0.0984. The second kappa shape index (κ2) is 8.21. The molecule has 5 nitrogen and oxygen atoms in total. The number of hydrogen-bond donors (Lipinski definition) is 1. The maximum atomic E-state index is 12.3. The average molecular weight is 366 g/mol. The van der Waals surface area contributed by atoms with E-state index >= 15 is 0 Å². The molecule has 0 unspecified atom stereocenters. The van der Waals surface area contributed by atoms with Gasteiger partial charge in [-0.15, -0.1) is 11.3 Å². The maximum Gasteiger partial charge on any atom is 0.251 e. The van der Waals surface area contributed by atoms with Crippen molar-refractivity contribution < 1.29 is 4.79 Å². The van der Waals surface area contributed by atoms with Crippen LogP contribution in [0.5, 0.6) is 0 Å². The molecule has 0 aliphatic carbocycles. The molecule has 3 aromatic rings. The summed E-state index contributed by atoms with van der Waals surface area (Å²) < 4.78 is 0. The molecule has 0 saturated carbocycles. The second-order valence-corrected chi connectivity index (χ2v) is 7.37. The van der Waals surface area contributed by atoms with Crippen LogP contribution in [0.25, 0.3) is 11.3 Å². The van der Waals surface area contributed by atoms with Gasteiger partial charge in [-0.25, -0.2) is 4.98 Å². The third-order valence-corrected chi connectivity index (χ3v) is 4.80. The summed E-state index contributed by atoms with van der Waals surface area (Å²) in [7, 11) is 4.07. The molecule has 2 heterocycles. The molecule has 26 heavy (non-hydrogen) atoms. The van der Waals surface area contributed by atoms with Crippen molar-refractivity contribution in [3.05, 3.63) is 69.8 Å². The lowest BCUT2D eigenvalue weighted by atomic mass is 10.1. The van der Waals surface area contributed by atoms with Crippen molar-refractivity contribution in [2.75, 3.05) is 14.1 Å². The number of rotatable bonds is 6. The molecule has 0 aliphatic heterocycles.